The molecule has 3 heterocycles. The number of hydrogen-bond acceptors (Lipinski definition) is 5. The lowest BCUT2D eigenvalue weighted by Gasteiger charge is -2.26. The Kier molecular flexibility index (Phi) is 5.95. The zero-order valence-corrected chi connectivity index (χ0v) is 16.8. The van der Waals surface area contributed by atoms with Gasteiger partial charge in [-0.2, -0.15) is 0 Å². The van der Waals surface area contributed by atoms with E-state index >= 15 is 0 Å². The SMILES string of the molecule is COc1ccc(Cn2c(C(=O)NCCN3CCOCC3)cc3ccsc32)cc1. The molecule has 7 heteroatoms. The topological polar surface area (TPSA) is 55.7 Å². The lowest BCUT2D eigenvalue weighted by Crippen LogP contribution is -2.41. The summed E-state index contributed by atoms with van der Waals surface area (Å²) in [6.45, 7) is 5.55. The summed E-state index contributed by atoms with van der Waals surface area (Å²) in [5.74, 6) is 0.809. The van der Waals surface area contributed by atoms with E-state index in [1.807, 2.05) is 30.3 Å². The third kappa shape index (κ3) is 4.22. The number of rotatable bonds is 7. The summed E-state index contributed by atoms with van der Waals surface area (Å²) in [5.41, 5.74) is 1.84. The first-order chi connectivity index (χ1) is 13.7. The Bertz CT molecular complexity index is 926. The Morgan fingerprint density at radius 2 is 2.00 bits per heavy atom. The first-order valence-corrected chi connectivity index (χ1v) is 10.4. The van der Waals surface area contributed by atoms with Gasteiger partial charge in [-0.15, -0.1) is 11.3 Å². The molecule has 0 saturated carbocycles. The molecule has 1 fully saturated rings. The van der Waals surface area contributed by atoms with E-state index in [2.05, 4.69) is 26.2 Å². The van der Waals surface area contributed by atoms with Crippen molar-refractivity contribution in [1.82, 2.24) is 14.8 Å². The van der Waals surface area contributed by atoms with Crippen LogP contribution in [0.2, 0.25) is 0 Å². The number of amides is 1. The van der Waals surface area contributed by atoms with Crippen LogP contribution in [-0.2, 0) is 11.3 Å². The largest absolute Gasteiger partial charge is 0.497 e. The Hall–Kier alpha value is -2.35. The molecule has 3 aromatic rings. The lowest BCUT2D eigenvalue weighted by molar-refractivity contribution is 0.0383. The normalized spacial score (nSPS) is 15.0. The highest BCUT2D eigenvalue weighted by Crippen LogP contribution is 2.26. The highest BCUT2D eigenvalue weighted by molar-refractivity contribution is 7.16. The van der Waals surface area contributed by atoms with Gasteiger partial charge in [0.05, 0.1) is 20.3 Å². The van der Waals surface area contributed by atoms with Crippen molar-refractivity contribution in [2.45, 2.75) is 6.54 Å². The molecule has 0 radical (unpaired) electrons. The fourth-order valence-corrected chi connectivity index (χ4v) is 4.37. The maximum atomic E-state index is 12.9. The third-order valence-corrected chi connectivity index (χ3v) is 6.00. The van der Waals surface area contributed by atoms with Gasteiger partial charge < -0.3 is 19.4 Å². The highest BCUT2D eigenvalue weighted by Gasteiger charge is 2.17. The van der Waals surface area contributed by atoms with Crippen LogP contribution in [0.15, 0.2) is 41.8 Å². The number of morpholine rings is 1. The van der Waals surface area contributed by atoms with E-state index < -0.39 is 0 Å². The lowest BCUT2D eigenvalue weighted by atomic mass is 10.2. The summed E-state index contributed by atoms with van der Waals surface area (Å²) in [4.78, 5) is 16.3. The number of aromatic nitrogens is 1. The van der Waals surface area contributed by atoms with Gasteiger partial charge in [0.1, 0.15) is 16.3 Å². The second-order valence-corrected chi connectivity index (χ2v) is 7.75. The van der Waals surface area contributed by atoms with Crippen LogP contribution < -0.4 is 10.1 Å². The van der Waals surface area contributed by atoms with Crippen molar-refractivity contribution in [2.24, 2.45) is 0 Å². The summed E-state index contributed by atoms with van der Waals surface area (Å²) in [6.07, 6.45) is 0. The molecule has 1 amide bonds. The molecule has 1 aliphatic rings. The van der Waals surface area contributed by atoms with E-state index in [1.54, 1.807) is 18.4 Å². The van der Waals surface area contributed by atoms with Crippen LogP contribution in [0.3, 0.4) is 0 Å². The number of fused-ring (bicyclic) bond motifs is 1. The summed E-state index contributed by atoms with van der Waals surface area (Å²) < 4.78 is 12.7. The van der Waals surface area contributed by atoms with Crippen molar-refractivity contribution in [3.05, 3.63) is 53.0 Å². The number of nitrogens with zero attached hydrogens (tertiary/aromatic N) is 2. The van der Waals surface area contributed by atoms with Crippen LogP contribution in [-0.4, -0.2) is 61.9 Å². The maximum Gasteiger partial charge on any atom is 0.268 e. The number of ether oxygens (including phenoxy) is 2. The smallest absolute Gasteiger partial charge is 0.268 e. The fraction of sp³-hybridized carbons (Fsp3) is 0.381. The van der Waals surface area contributed by atoms with Gasteiger partial charge in [-0.3, -0.25) is 9.69 Å². The summed E-state index contributed by atoms with van der Waals surface area (Å²) >= 11 is 1.66. The Labute approximate surface area is 168 Å². The van der Waals surface area contributed by atoms with Gasteiger partial charge in [-0.1, -0.05) is 12.1 Å². The van der Waals surface area contributed by atoms with Gasteiger partial charge in [0.15, 0.2) is 0 Å². The molecular weight excluding hydrogens is 374 g/mol. The average molecular weight is 400 g/mol. The van der Waals surface area contributed by atoms with Gasteiger partial charge >= 0.3 is 0 Å². The van der Waals surface area contributed by atoms with E-state index in [4.69, 9.17) is 9.47 Å². The van der Waals surface area contributed by atoms with Crippen LogP contribution >= 0.6 is 11.3 Å². The van der Waals surface area contributed by atoms with Gasteiger partial charge in [-0.25, -0.2) is 0 Å². The molecule has 0 unspecified atom stereocenters. The van der Waals surface area contributed by atoms with Crippen LogP contribution in [0.1, 0.15) is 16.1 Å². The van der Waals surface area contributed by atoms with Crippen molar-refractivity contribution in [3.63, 3.8) is 0 Å². The number of carbonyl (C=O) groups excluding carboxylic acids is 1. The molecule has 1 saturated heterocycles. The van der Waals surface area contributed by atoms with Gasteiger partial charge in [0.2, 0.25) is 0 Å². The van der Waals surface area contributed by atoms with Gasteiger partial charge in [-0.05, 0) is 35.2 Å². The fourth-order valence-electron chi connectivity index (χ4n) is 3.48. The molecular formula is C21H25N3O3S. The molecule has 0 spiro atoms. The van der Waals surface area contributed by atoms with Gasteiger partial charge in [0, 0.05) is 38.1 Å². The van der Waals surface area contributed by atoms with E-state index in [1.165, 1.54) is 0 Å². The first kappa shape index (κ1) is 19.0. The third-order valence-electron chi connectivity index (χ3n) is 5.05. The number of thiophene rings is 1. The Balaban J connectivity index is 1.47. The number of benzene rings is 1. The number of methoxy groups -OCH3 is 1. The molecule has 0 atom stereocenters. The highest BCUT2D eigenvalue weighted by atomic mass is 32.1. The minimum atomic E-state index is -0.0230. The zero-order valence-electron chi connectivity index (χ0n) is 16.0. The van der Waals surface area contributed by atoms with Crippen LogP contribution in [0.4, 0.5) is 0 Å². The molecule has 0 bridgehead atoms. The molecule has 1 aromatic carbocycles. The zero-order chi connectivity index (χ0) is 19.3. The Morgan fingerprint density at radius 3 is 2.75 bits per heavy atom. The second kappa shape index (κ2) is 8.77. The molecule has 6 nitrogen and oxygen atoms in total. The number of carbonyl (C=O) groups is 1. The molecule has 28 heavy (non-hydrogen) atoms. The first-order valence-electron chi connectivity index (χ1n) is 9.52. The standard InChI is InChI=1S/C21H25N3O3S/c1-26-18-4-2-16(3-5-18)15-24-19(14-17-6-13-28-21(17)24)20(25)22-7-8-23-9-11-27-12-10-23/h2-6,13-14H,7-12,15H2,1H3,(H,22,25). The van der Waals surface area contributed by atoms with Crippen LogP contribution in [0.25, 0.3) is 10.2 Å². The number of nitrogens with one attached hydrogen (secondary N) is 1. The monoisotopic (exact) mass is 399 g/mol. The minimum absolute atomic E-state index is 0.0230. The van der Waals surface area contributed by atoms with E-state index in [0.29, 0.717) is 18.8 Å². The Morgan fingerprint density at radius 1 is 1.21 bits per heavy atom. The maximum absolute atomic E-state index is 12.9. The summed E-state index contributed by atoms with van der Waals surface area (Å²) in [5, 5.41) is 6.26. The van der Waals surface area contributed by atoms with Crippen molar-refractivity contribution < 1.29 is 14.3 Å². The van der Waals surface area contributed by atoms with Gasteiger partial charge in [0.25, 0.3) is 5.91 Å². The van der Waals surface area contributed by atoms with Crippen LogP contribution in [0, 0.1) is 0 Å². The molecule has 1 aliphatic heterocycles. The molecule has 2 aromatic heterocycles. The van der Waals surface area contributed by atoms with Crippen molar-refractivity contribution >= 4 is 27.5 Å². The molecule has 0 aliphatic carbocycles. The molecule has 148 valence electrons. The van der Waals surface area contributed by atoms with E-state index in [-0.39, 0.29) is 5.91 Å². The second-order valence-electron chi connectivity index (χ2n) is 6.85. The van der Waals surface area contributed by atoms with Crippen LogP contribution in [0.5, 0.6) is 5.75 Å². The quantitative estimate of drug-likeness (QED) is 0.664. The molecule has 1 N–H and O–H groups in total. The summed E-state index contributed by atoms with van der Waals surface area (Å²) in [6, 6.07) is 12.0. The molecule has 4 rings (SSSR count). The predicted molar refractivity (Wildman–Crippen MR) is 112 cm³/mol. The number of hydrogen-bond donors (Lipinski definition) is 1. The van der Waals surface area contributed by atoms with Crippen molar-refractivity contribution in [2.75, 3.05) is 46.5 Å². The van der Waals surface area contributed by atoms with Crippen molar-refractivity contribution in [3.8, 4) is 5.75 Å². The van der Waals surface area contributed by atoms with Crippen molar-refractivity contribution in [1.29, 1.82) is 0 Å². The summed E-state index contributed by atoms with van der Waals surface area (Å²) in [7, 11) is 1.66. The average Bonchev–Trinajstić information content (AvgIpc) is 3.32. The van der Waals surface area contributed by atoms with E-state index in [9.17, 15) is 4.79 Å². The predicted octanol–water partition coefficient (Wildman–Crippen LogP) is 2.82. The van der Waals surface area contributed by atoms with E-state index in [0.717, 1.165) is 54.4 Å². The minimum Gasteiger partial charge on any atom is -0.497 e.